The highest BCUT2D eigenvalue weighted by Gasteiger charge is 2.15. The molecule has 0 spiro atoms. The highest BCUT2D eigenvalue weighted by Crippen LogP contribution is 2.24. The fraction of sp³-hybridized carbons (Fsp3) is 0.222. The van der Waals surface area contributed by atoms with Crippen LogP contribution in [-0.4, -0.2) is 20.7 Å². The van der Waals surface area contributed by atoms with Gasteiger partial charge in [0.25, 0.3) is 5.91 Å². The minimum atomic E-state index is -0.337. The van der Waals surface area contributed by atoms with Crippen molar-refractivity contribution in [2.75, 3.05) is 5.32 Å². The number of nitrogens with one attached hydrogen (secondary N) is 1. The van der Waals surface area contributed by atoms with Crippen LogP contribution in [0.25, 0.3) is 0 Å². The molecule has 0 aliphatic heterocycles. The maximum atomic E-state index is 13.1. The van der Waals surface area contributed by atoms with Gasteiger partial charge in [0.15, 0.2) is 5.16 Å². The summed E-state index contributed by atoms with van der Waals surface area (Å²) in [5.74, 6) is 1.64. The number of hydrogen-bond donors (Lipinski definition) is 1. The molecular weight excluding hydrogens is 447 g/mol. The van der Waals surface area contributed by atoms with Crippen LogP contribution in [0.5, 0.6) is 0 Å². The molecule has 5 nitrogen and oxygen atoms in total. The lowest BCUT2D eigenvalue weighted by molar-refractivity contribution is 0.102. The Kier molecular flexibility index (Phi) is 7.75. The predicted octanol–water partition coefficient (Wildman–Crippen LogP) is 6.21. The smallest absolute Gasteiger partial charge is 0.255 e. The van der Waals surface area contributed by atoms with E-state index >= 15 is 0 Å². The molecule has 1 aromatic heterocycles. The largest absolute Gasteiger partial charge is 0.322 e. The van der Waals surface area contributed by atoms with Crippen molar-refractivity contribution in [1.29, 1.82) is 0 Å². The third kappa shape index (κ3) is 6.32. The Morgan fingerprint density at radius 1 is 0.941 bits per heavy atom. The number of anilines is 1. The van der Waals surface area contributed by atoms with E-state index in [1.807, 2.05) is 30.3 Å². The Labute approximate surface area is 203 Å². The molecular formula is C27H27FN4OS. The molecule has 0 fully saturated rings. The SMILES string of the molecule is CC(C)Cc1nnc(SCc2ccc(C(=O)Nc3ccc(F)cc3)cc2)n1Cc1ccccc1. The lowest BCUT2D eigenvalue weighted by atomic mass is 10.1. The van der Waals surface area contributed by atoms with Crippen LogP contribution < -0.4 is 5.32 Å². The van der Waals surface area contributed by atoms with E-state index in [1.54, 1.807) is 23.9 Å². The topological polar surface area (TPSA) is 59.8 Å². The minimum Gasteiger partial charge on any atom is -0.322 e. The molecule has 0 saturated carbocycles. The Hall–Kier alpha value is -3.45. The third-order valence-corrected chi connectivity index (χ3v) is 6.29. The Morgan fingerprint density at radius 2 is 1.65 bits per heavy atom. The zero-order chi connectivity index (χ0) is 23.9. The van der Waals surface area contributed by atoms with Gasteiger partial charge in [-0.2, -0.15) is 0 Å². The van der Waals surface area contributed by atoms with Crippen molar-refractivity contribution >= 4 is 23.4 Å². The molecule has 0 aliphatic carbocycles. The van der Waals surface area contributed by atoms with Gasteiger partial charge in [0.1, 0.15) is 11.6 Å². The number of hydrogen-bond acceptors (Lipinski definition) is 4. The highest BCUT2D eigenvalue weighted by molar-refractivity contribution is 7.98. The first-order valence-corrected chi connectivity index (χ1v) is 12.2. The first-order valence-electron chi connectivity index (χ1n) is 11.2. The molecule has 1 N–H and O–H groups in total. The summed E-state index contributed by atoms with van der Waals surface area (Å²) in [7, 11) is 0. The number of halogens is 1. The van der Waals surface area contributed by atoms with Crippen molar-refractivity contribution in [3.63, 3.8) is 0 Å². The molecule has 0 bridgehead atoms. The van der Waals surface area contributed by atoms with Gasteiger partial charge < -0.3 is 9.88 Å². The van der Waals surface area contributed by atoms with Crippen molar-refractivity contribution in [3.8, 4) is 0 Å². The zero-order valence-corrected chi connectivity index (χ0v) is 20.1. The average Bonchev–Trinajstić information content (AvgIpc) is 3.20. The van der Waals surface area contributed by atoms with Gasteiger partial charge in [0, 0.05) is 23.4 Å². The molecule has 4 rings (SSSR count). The van der Waals surface area contributed by atoms with Gasteiger partial charge >= 0.3 is 0 Å². The van der Waals surface area contributed by atoms with Gasteiger partial charge in [-0.15, -0.1) is 10.2 Å². The van der Waals surface area contributed by atoms with Gasteiger partial charge in [-0.05, 0) is 53.4 Å². The second-order valence-corrected chi connectivity index (χ2v) is 9.46. The summed E-state index contributed by atoms with van der Waals surface area (Å²) in [4.78, 5) is 12.5. The fourth-order valence-corrected chi connectivity index (χ4v) is 4.42. The summed E-state index contributed by atoms with van der Waals surface area (Å²) in [6, 6.07) is 23.5. The van der Waals surface area contributed by atoms with Crippen LogP contribution in [0.4, 0.5) is 10.1 Å². The van der Waals surface area contributed by atoms with E-state index in [0.29, 0.717) is 22.9 Å². The van der Waals surface area contributed by atoms with Crippen molar-refractivity contribution in [2.45, 2.75) is 37.7 Å². The fourth-order valence-electron chi connectivity index (χ4n) is 3.50. The van der Waals surface area contributed by atoms with E-state index in [4.69, 9.17) is 0 Å². The van der Waals surface area contributed by atoms with E-state index in [0.717, 1.165) is 29.5 Å². The summed E-state index contributed by atoms with van der Waals surface area (Å²) < 4.78 is 15.3. The van der Waals surface area contributed by atoms with Gasteiger partial charge in [0.2, 0.25) is 0 Å². The monoisotopic (exact) mass is 474 g/mol. The molecule has 3 aromatic carbocycles. The molecule has 0 radical (unpaired) electrons. The summed E-state index contributed by atoms with van der Waals surface area (Å²) >= 11 is 1.64. The van der Waals surface area contributed by atoms with Gasteiger partial charge in [-0.1, -0.05) is 68.1 Å². The van der Waals surface area contributed by atoms with Gasteiger partial charge in [-0.3, -0.25) is 4.79 Å². The van der Waals surface area contributed by atoms with Crippen molar-refractivity contribution in [3.05, 3.63) is 107 Å². The lowest BCUT2D eigenvalue weighted by Gasteiger charge is -2.12. The normalized spacial score (nSPS) is 11.1. The number of benzene rings is 3. The number of aromatic nitrogens is 3. The number of nitrogens with zero attached hydrogens (tertiary/aromatic N) is 3. The van der Waals surface area contributed by atoms with Crippen molar-refractivity contribution in [2.24, 2.45) is 5.92 Å². The van der Waals surface area contributed by atoms with Crippen LogP contribution in [0, 0.1) is 11.7 Å². The van der Waals surface area contributed by atoms with E-state index in [-0.39, 0.29) is 11.7 Å². The quantitative estimate of drug-likeness (QED) is 0.293. The first kappa shape index (κ1) is 23.7. The maximum absolute atomic E-state index is 13.1. The molecule has 7 heteroatoms. The number of amides is 1. The average molecular weight is 475 g/mol. The molecule has 174 valence electrons. The van der Waals surface area contributed by atoms with E-state index in [1.165, 1.54) is 29.8 Å². The number of carbonyl (C=O) groups is 1. The summed E-state index contributed by atoms with van der Waals surface area (Å²) in [5, 5.41) is 12.6. The number of thioether (sulfide) groups is 1. The van der Waals surface area contributed by atoms with E-state index in [2.05, 4.69) is 46.1 Å². The Balaban J connectivity index is 1.42. The maximum Gasteiger partial charge on any atom is 0.255 e. The Bertz CT molecular complexity index is 1220. The molecule has 34 heavy (non-hydrogen) atoms. The molecule has 1 heterocycles. The minimum absolute atomic E-state index is 0.230. The number of rotatable bonds is 9. The summed E-state index contributed by atoms with van der Waals surface area (Å²) in [5.41, 5.74) is 3.40. The van der Waals surface area contributed by atoms with Crippen LogP contribution in [-0.2, 0) is 18.7 Å². The van der Waals surface area contributed by atoms with Crippen molar-refractivity contribution < 1.29 is 9.18 Å². The van der Waals surface area contributed by atoms with Crippen LogP contribution >= 0.6 is 11.8 Å². The zero-order valence-electron chi connectivity index (χ0n) is 19.2. The predicted molar refractivity (Wildman–Crippen MR) is 134 cm³/mol. The molecule has 0 aliphatic rings. The van der Waals surface area contributed by atoms with E-state index in [9.17, 15) is 9.18 Å². The summed E-state index contributed by atoms with van der Waals surface area (Å²) in [6.07, 6.45) is 0.873. The molecule has 0 unspecified atom stereocenters. The van der Waals surface area contributed by atoms with Crippen LogP contribution in [0.2, 0.25) is 0 Å². The summed E-state index contributed by atoms with van der Waals surface area (Å²) in [6.45, 7) is 5.10. The molecule has 4 aromatic rings. The molecule has 0 saturated heterocycles. The standard InChI is InChI=1S/C27H27FN4OS/c1-19(2)16-25-30-31-27(32(25)17-20-6-4-3-5-7-20)34-18-21-8-10-22(11-9-21)26(33)29-24-14-12-23(28)13-15-24/h3-15,19H,16-18H2,1-2H3,(H,29,33). The second-order valence-electron chi connectivity index (χ2n) is 8.52. The van der Waals surface area contributed by atoms with Crippen LogP contribution in [0.3, 0.4) is 0 Å². The Morgan fingerprint density at radius 3 is 2.32 bits per heavy atom. The third-order valence-electron chi connectivity index (χ3n) is 5.25. The van der Waals surface area contributed by atoms with Crippen LogP contribution in [0.15, 0.2) is 84.0 Å². The number of carbonyl (C=O) groups excluding carboxylic acids is 1. The lowest BCUT2D eigenvalue weighted by Crippen LogP contribution is -2.11. The first-order chi connectivity index (χ1) is 16.5. The van der Waals surface area contributed by atoms with E-state index < -0.39 is 0 Å². The van der Waals surface area contributed by atoms with Crippen LogP contribution in [0.1, 0.15) is 41.2 Å². The highest BCUT2D eigenvalue weighted by atomic mass is 32.2. The molecule has 0 atom stereocenters. The molecule has 1 amide bonds. The van der Waals surface area contributed by atoms with Gasteiger partial charge in [0.05, 0.1) is 6.54 Å². The van der Waals surface area contributed by atoms with Gasteiger partial charge in [-0.25, -0.2) is 4.39 Å². The second kappa shape index (κ2) is 11.1. The van der Waals surface area contributed by atoms with Crippen molar-refractivity contribution in [1.82, 2.24) is 14.8 Å².